The zero-order valence-electron chi connectivity index (χ0n) is 14.9. The minimum absolute atomic E-state index is 0.348. The molecule has 132 valence electrons. The van der Waals surface area contributed by atoms with Crippen LogP contribution in [0.3, 0.4) is 0 Å². The van der Waals surface area contributed by atoms with Crippen LogP contribution in [0.25, 0.3) is 5.76 Å². The van der Waals surface area contributed by atoms with Crippen LogP contribution in [0, 0.1) is 22.7 Å². The molecule has 0 bridgehead atoms. The molecule has 3 rings (SSSR count). The van der Waals surface area contributed by atoms with Crippen molar-refractivity contribution in [1.29, 1.82) is 10.5 Å². The highest BCUT2D eigenvalue weighted by molar-refractivity contribution is 5.62. The molecule has 0 amide bonds. The number of ether oxygens (including phenoxy) is 1. The molecular formula is C22H18N4O. The van der Waals surface area contributed by atoms with Gasteiger partial charge in [-0.25, -0.2) is 4.98 Å². The number of nitriles is 2. The molecule has 1 unspecified atom stereocenters. The zero-order valence-corrected chi connectivity index (χ0v) is 14.9. The van der Waals surface area contributed by atoms with Crippen LogP contribution in [0.2, 0.25) is 0 Å². The molecule has 0 radical (unpaired) electrons. The van der Waals surface area contributed by atoms with Crippen molar-refractivity contribution >= 4 is 5.76 Å². The van der Waals surface area contributed by atoms with Crippen LogP contribution < -0.4 is 0 Å². The second-order valence-electron chi connectivity index (χ2n) is 6.00. The van der Waals surface area contributed by atoms with E-state index < -0.39 is 0 Å². The molecule has 0 aliphatic rings. The molecule has 0 fully saturated rings. The molecule has 27 heavy (non-hydrogen) atoms. The fourth-order valence-electron chi connectivity index (χ4n) is 2.76. The highest BCUT2D eigenvalue weighted by Gasteiger charge is 2.19. The molecule has 0 spiro atoms. The van der Waals surface area contributed by atoms with E-state index in [4.69, 9.17) is 10.00 Å². The van der Waals surface area contributed by atoms with Crippen molar-refractivity contribution < 1.29 is 4.74 Å². The monoisotopic (exact) mass is 354 g/mol. The maximum absolute atomic E-state index is 9.19. The van der Waals surface area contributed by atoms with Gasteiger partial charge in [0, 0.05) is 31.4 Å². The molecular weight excluding hydrogens is 336 g/mol. The van der Waals surface area contributed by atoms with Gasteiger partial charge < -0.3 is 9.30 Å². The predicted octanol–water partition coefficient (Wildman–Crippen LogP) is 4.16. The molecule has 1 atom stereocenters. The summed E-state index contributed by atoms with van der Waals surface area (Å²) in [6.45, 7) is 0. The van der Waals surface area contributed by atoms with Crippen molar-refractivity contribution in [2.45, 2.75) is 12.5 Å². The summed E-state index contributed by atoms with van der Waals surface area (Å²) in [6.07, 6.45) is 5.22. The quantitative estimate of drug-likeness (QED) is 0.492. The average Bonchev–Trinajstić information content (AvgIpc) is 3.12. The number of nitrogens with zero attached hydrogens (tertiary/aromatic N) is 4. The number of aromatic nitrogens is 2. The Morgan fingerprint density at radius 3 is 2.48 bits per heavy atom. The highest BCUT2D eigenvalue weighted by Crippen LogP contribution is 2.29. The minimum Gasteiger partial charge on any atom is -0.484 e. The third-order valence-electron chi connectivity index (χ3n) is 4.22. The van der Waals surface area contributed by atoms with Crippen molar-refractivity contribution in [1.82, 2.24) is 9.55 Å². The third kappa shape index (κ3) is 4.42. The van der Waals surface area contributed by atoms with Crippen LogP contribution in [0.5, 0.6) is 0 Å². The van der Waals surface area contributed by atoms with Crippen molar-refractivity contribution in [3.05, 3.63) is 95.6 Å². The van der Waals surface area contributed by atoms with Crippen molar-refractivity contribution in [3.8, 4) is 12.1 Å². The third-order valence-corrected chi connectivity index (χ3v) is 4.22. The Kier molecular flexibility index (Phi) is 5.67. The van der Waals surface area contributed by atoms with Gasteiger partial charge in [-0.2, -0.15) is 10.5 Å². The number of allylic oxidation sites excluding steroid dienone is 1. The van der Waals surface area contributed by atoms with Gasteiger partial charge in [0.05, 0.1) is 23.8 Å². The maximum Gasteiger partial charge on any atom is 0.137 e. The molecule has 5 nitrogen and oxygen atoms in total. The smallest absolute Gasteiger partial charge is 0.137 e. The first kappa shape index (κ1) is 18.0. The normalized spacial score (nSPS) is 12.0. The van der Waals surface area contributed by atoms with Gasteiger partial charge in [0.25, 0.3) is 0 Å². The Balaban J connectivity index is 1.95. The van der Waals surface area contributed by atoms with Gasteiger partial charge in [0.1, 0.15) is 17.7 Å². The second-order valence-corrected chi connectivity index (χ2v) is 6.00. The number of hydrogen-bond acceptors (Lipinski definition) is 4. The largest absolute Gasteiger partial charge is 0.484 e. The Labute approximate surface area is 158 Å². The zero-order chi connectivity index (χ0) is 19.1. The maximum atomic E-state index is 9.19. The highest BCUT2D eigenvalue weighted by atomic mass is 16.5. The van der Waals surface area contributed by atoms with Gasteiger partial charge >= 0.3 is 0 Å². The van der Waals surface area contributed by atoms with E-state index in [9.17, 15) is 5.26 Å². The molecule has 0 aliphatic carbocycles. The lowest BCUT2D eigenvalue weighted by Gasteiger charge is -2.21. The summed E-state index contributed by atoms with van der Waals surface area (Å²) in [6, 6.07) is 21.0. The summed E-state index contributed by atoms with van der Waals surface area (Å²) >= 11 is 0. The topological polar surface area (TPSA) is 74.6 Å². The Hall–Kier alpha value is -3.83. The van der Waals surface area contributed by atoms with Crippen LogP contribution in [0.15, 0.2) is 73.1 Å². The first-order valence-electron chi connectivity index (χ1n) is 8.49. The summed E-state index contributed by atoms with van der Waals surface area (Å²) in [4.78, 5) is 4.39. The Morgan fingerprint density at radius 1 is 1.15 bits per heavy atom. The van der Waals surface area contributed by atoms with E-state index in [-0.39, 0.29) is 6.10 Å². The molecule has 5 heteroatoms. The van der Waals surface area contributed by atoms with Crippen LogP contribution in [-0.2, 0) is 18.2 Å². The Morgan fingerprint density at radius 2 is 1.89 bits per heavy atom. The number of imidazole rings is 1. The van der Waals surface area contributed by atoms with E-state index in [1.165, 1.54) is 6.08 Å². The second kappa shape index (κ2) is 8.51. The molecule has 0 saturated carbocycles. The van der Waals surface area contributed by atoms with Crippen LogP contribution in [-0.4, -0.2) is 9.55 Å². The standard InChI is InChI=1S/C22H18N4O/c1-26-14-13-25-22(26)15-21(19-9-7-17(16-24)8-10-19)27-20(11-12-23)18-5-3-2-4-6-18/h2-11,13-14,21H,15H2,1H3/b20-11-. The molecule has 3 aromatic rings. The van der Waals surface area contributed by atoms with E-state index >= 15 is 0 Å². The number of rotatable bonds is 6. The lowest BCUT2D eigenvalue weighted by Crippen LogP contribution is -2.11. The number of benzene rings is 2. The van der Waals surface area contributed by atoms with Crippen LogP contribution >= 0.6 is 0 Å². The van der Waals surface area contributed by atoms with Gasteiger partial charge in [-0.15, -0.1) is 0 Å². The molecule has 1 aromatic heterocycles. The average molecular weight is 354 g/mol. The van der Waals surface area contributed by atoms with Gasteiger partial charge in [-0.05, 0) is 17.7 Å². The summed E-state index contributed by atoms with van der Waals surface area (Å²) in [7, 11) is 1.93. The van der Waals surface area contributed by atoms with Crippen molar-refractivity contribution in [3.63, 3.8) is 0 Å². The summed E-state index contributed by atoms with van der Waals surface area (Å²) in [5.74, 6) is 1.37. The van der Waals surface area contributed by atoms with E-state index in [2.05, 4.69) is 17.1 Å². The van der Waals surface area contributed by atoms with Crippen molar-refractivity contribution in [2.75, 3.05) is 0 Å². The fourth-order valence-corrected chi connectivity index (χ4v) is 2.76. The van der Waals surface area contributed by atoms with Gasteiger partial charge in [0.2, 0.25) is 0 Å². The number of aryl methyl sites for hydroxylation is 1. The van der Waals surface area contributed by atoms with E-state index in [1.807, 2.05) is 60.3 Å². The van der Waals surface area contributed by atoms with Gasteiger partial charge in [0.15, 0.2) is 0 Å². The summed E-state index contributed by atoms with van der Waals surface area (Å²) in [5.41, 5.74) is 2.33. The van der Waals surface area contributed by atoms with E-state index in [0.29, 0.717) is 17.7 Å². The number of hydrogen-bond donors (Lipinski definition) is 0. The molecule has 0 aliphatic heterocycles. The van der Waals surface area contributed by atoms with Gasteiger partial charge in [-0.3, -0.25) is 0 Å². The van der Waals surface area contributed by atoms with E-state index in [1.54, 1.807) is 18.3 Å². The molecule has 2 aromatic carbocycles. The summed E-state index contributed by atoms with van der Waals surface area (Å²) in [5, 5.41) is 18.2. The first-order valence-corrected chi connectivity index (χ1v) is 8.49. The predicted molar refractivity (Wildman–Crippen MR) is 102 cm³/mol. The SMILES string of the molecule is Cn1ccnc1CC(O/C(=C\C#N)c1ccccc1)c1ccc(C#N)cc1. The fraction of sp³-hybridized carbons (Fsp3) is 0.136. The lowest BCUT2D eigenvalue weighted by molar-refractivity contribution is 0.166. The van der Waals surface area contributed by atoms with Crippen molar-refractivity contribution in [2.24, 2.45) is 7.05 Å². The van der Waals surface area contributed by atoms with E-state index in [0.717, 1.165) is 17.0 Å². The minimum atomic E-state index is -0.348. The van der Waals surface area contributed by atoms with Crippen LogP contribution in [0.4, 0.5) is 0 Å². The van der Waals surface area contributed by atoms with Crippen LogP contribution in [0.1, 0.15) is 28.6 Å². The summed E-state index contributed by atoms with van der Waals surface area (Å²) < 4.78 is 8.21. The van der Waals surface area contributed by atoms with Gasteiger partial charge in [-0.1, -0.05) is 42.5 Å². The Bertz CT molecular complexity index is 1000. The lowest BCUT2D eigenvalue weighted by atomic mass is 10.0. The molecule has 1 heterocycles. The first-order chi connectivity index (χ1) is 13.2. The molecule has 0 N–H and O–H groups in total. The molecule has 0 saturated heterocycles.